The van der Waals surface area contributed by atoms with Crippen molar-refractivity contribution in [1.29, 1.82) is 0 Å². The van der Waals surface area contributed by atoms with E-state index >= 15 is 0 Å². The van der Waals surface area contributed by atoms with Gasteiger partial charge in [-0.2, -0.15) is 0 Å². The van der Waals surface area contributed by atoms with Crippen molar-refractivity contribution in [2.24, 2.45) is 5.73 Å². The SMILES string of the molecule is CC(C)N(C)CC(N)CCO. The highest BCUT2D eigenvalue weighted by atomic mass is 16.3. The molecule has 0 saturated carbocycles. The van der Waals surface area contributed by atoms with Crippen molar-refractivity contribution in [2.45, 2.75) is 32.4 Å². The van der Waals surface area contributed by atoms with Gasteiger partial charge in [-0.25, -0.2) is 0 Å². The van der Waals surface area contributed by atoms with Gasteiger partial charge >= 0.3 is 0 Å². The largest absolute Gasteiger partial charge is 0.396 e. The standard InChI is InChI=1S/C8H20N2O/c1-7(2)10(3)6-8(9)4-5-11/h7-8,11H,4-6,9H2,1-3H3. The molecule has 3 nitrogen and oxygen atoms in total. The van der Waals surface area contributed by atoms with Crippen LogP contribution in [0.4, 0.5) is 0 Å². The average molecular weight is 160 g/mol. The van der Waals surface area contributed by atoms with E-state index in [0.717, 1.165) is 6.54 Å². The van der Waals surface area contributed by atoms with Crippen LogP contribution in [-0.4, -0.2) is 42.3 Å². The highest BCUT2D eigenvalue weighted by Gasteiger charge is 2.07. The summed E-state index contributed by atoms with van der Waals surface area (Å²) in [6.07, 6.45) is 0.692. The summed E-state index contributed by atoms with van der Waals surface area (Å²) in [5, 5.41) is 8.59. The third kappa shape index (κ3) is 5.18. The quantitative estimate of drug-likeness (QED) is 0.597. The maximum atomic E-state index is 8.59. The van der Waals surface area contributed by atoms with Crippen LogP contribution >= 0.6 is 0 Å². The normalized spacial score (nSPS) is 14.5. The number of rotatable bonds is 5. The first-order valence-corrected chi connectivity index (χ1v) is 4.14. The molecule has 0 heterocycles. The lowest BCUT2D eigenvalue weighted by molar-refractivity contribution is 0.224. The number of nitrogens with two attached hydrogens (primary N) is 1. The molecule has 0 saturated heterocycles. The van der Waals surface area contributed by atoms with Gasteiger partial charge in [-0.3, -0.25) is 0 Å². The van der Waals surface area contributed by atoms with Gasteiger partial charge in [0.25, 0.3) is 0 Å². The first kappa shape index (κ1) is 10.9. The highest BCUT2D eigenvalue weighted by molar-refractivity contribution is 4.67. The van der Waals surface area contributed by atoms with E-state index in [1.54, 1.807) is 0 Å². The van der Waals surface area contributed by atoms with Crippen LogP contribution in [0, 0.1) is 0 Å². The molecular weight excluding hydrogens is 140 g/mol. The second kappa shape index (κ2) is 5.52. The molecule has 68 valence electrons. The maximum Gasteiger partial charge on any atom is 0.0446 e. The number of hydrogen-bond acceptors (Lipinski definition) is 3. The lowest BCUT2D eigenvalue weighted by Gasteiger charge is -2.24. The van der Waals surface area contributed by atoms with Crippen molar-refractivity contribution in [1.82, 2.24) is 4.90 Å². The third-order valence-electron chi connectivity index (χ3n) is 1.90. The summed E-state index contributed by atoms with van der Waals surface area (Å²) in [6.45, 7) is 5.31. The molecule has 0 radical (unpaired) electrons. The van der Waals surface area contributed by atoms with Gasteiger partial charge < -0.3 is 15.7 Å². The van der Waals surface area contributed by atoms with Crippen LogP contribution in [0.3, 0.4) is 0 Å². The first-order chi connectivity index (χ1) is 5.07. The minimum Gasteiger partial charge on any atom is -0.396 e. The van der Waals surface area contributed by atoms with E-state index in [4.69, 9.17) is 10.8 Å². The summed E-state index contributed by atoms with van der Waals surface area (Å²) in [5.74, 6) is 0. The number of aliphatic hydroxyl groups excluding tert-OH is 1. The smallest absolute Gasteiger partial charge is 0.0446 e. The minimum absolute atomic E-state index is 0.104. The summed E-state index contributed by atoms with van der Waals surface area (Å²) >= 11 is 0. The molecule has 0 aromatic carbocycles. The molecule has 11 heavy (non-hydrogen) atoms. The summed E-state index contributed by atoms with van der Waals surface area (Å²) < 4.78 is 0. The van der Waals surface area contributed by atoms with Crippen LogP contribution < -0.4 is 5.73 Å². The van der Waals surface area contributed by atoms with Crippen LogP contribution in [0.1, 0.15) is 20.3 Å². The Bertz CT molecular complexity index is 96.1. The fraction of sp³-hybridized carbons (Fsp3) is 1.00. The number of nitrogens with zero attached hydrogens (tertiary/aromatic N) is 1. The van der Waals surface area contributed by atoms with E-state index in [2.05, 4.69) is 18.7 Å². The van der Waals surface area contributed by atoms with Gasteiger partial charge in [-0.05, 0) is 27.3 Å². The molecule has 1 atom stereocenters. The van der Waals surface area contributed by atoms with Crippen molar-refractivity contribution in [2.75, 3.05) is 20.2 Å². The Balaban J connectivity index is 3.48. The Labute approximate surface area is 69.2 Å². The Morgan fingerprint density at radius 1 is 1.45 bits per heavy atom. The fourth-order valence-corrected chi connectivity index (χ4v) is 0.838. The molecule has 3 heteroatoms. The molecule has 0 aliphatic heterocycles. The molecule has 0 fully saturated rings. The lowest BCUT2D eigenvalue weighted by atomic mass is 10.2. The maximum absolute atomic E-state index is 8.59. The average Bonchev–Trinajstić information content (AvgIpc) is 1.87. The van der Waals surface area contributed by atoms with Gasteiger partial charge in [-0.1, -0.05) is 0 Å². The Morgan fingerprint density at radius 2 is 2.00 bits per heavy atom. The zero-order valence-corrected chi connectivity index (χ0v) is 7.75. The van der Waals surface area contributed by atoms with E-state index in [1.165, 1.54) is 0 Å². The number of likely N-dealkylation sites (N-methyl/N-ethyl adjacent to an activating group) is 1. The fourth-order valence-electron chi connectivity index (χ4n) is 0.838. The summed E-state index contributed by atoms with van der Waals surface area (Å²) in [5.41, 5.74) is 5.72. The van der Waals surface area contributed by atoms with Gasteiger partial charge in [0.2, 0.25) is 0 Å². The van der Waals surface area contributed by atoms with Crippen LogP contribution in [-0.2, 0) is 0 Å². The van der Waals surface area contributed by atoms with Gasteiger partial charge in [-0.15, -0.1) is 0 Å². The number of hydrogen-bond donors (Lipinski definition) is 2. The molecule has 0 aromatic heterocycles. The summed E-state index contributed by atoms with van der Waals surface area (Å²) in [4.78, 5) is 2.18. The van der Waals surface area contributed by atoms with Crippen molar-refractivity contribution in [3.05, 3.63) is 0 Å². The molecule has 0 aromatic rings. The van der Waals surface area contributed by atoms with Crippen LogP contribution in [0.25, 0.3) is 0 Å². The second-order valence-corrected chi connectivity index (χ2v) is 3.31. The summed E-state index contributed by atoms with van der Waals surface area (Å²) in [7, 11) is 2.04. The van der Waals surface area contributed by atoms with Crippen molar-refractivity contribution < 1.29 is 5.11 Å². The van der Waals surface area contributed by atoms with E-state index in [1.807, 2.05) is 7.05 Å². The van der Waals surface area contributed by atoms with E-state index in [-0.39, 0.29) is 12.6 Å². The molecule has 0 aliphatic rings. The first-order valence-electron chi connectivity index (χ1n) is 4.14. The Hall–Kier alpha value is -0.120. The van der Waals surface area contributed by atoms with E-state index in [0.29, 0.717) is 12.5 Å². The molecule has 3 N–H and O–H groups in total. The van der Waals surface area contributed by atoms with Gasteiger partial charge in [0.05, 0.1) is 0 Å². The monoisotopic (exact) mass is 160 g/mol. The summed E-state index contributed by atoms with van der Waals surface area (Å²) in [6, 6.07) is 0.632. The molecule has 0 aliphatic carbocycles. The molecule has 1 unspecified atom stereocenters. The van der Waals surface area contributed by atoms with Crippen molar-refractivity contribution in [3.8, 4) is 0 Å². The molecule has 0 bridgehead atoms. The van der Waals surface area contributed by atoms with Crippen LogP contribution in [0.15, 0.2) is 0 Å². The van der Waals surface area contributed by atoms with Crippen LogP contribution in [0.5, 0.6) is 0 Å². The molecule has 0 amide bonds. The second-order valence-electron chi connectivity index (χ2n) is 3.31. The van der Waals surface area contributed by atoms with Crippen molar-refractivity contribution in [3.63, 3.8) is 0 Å². The zero-order chi connectivity index (χ0) is 8.85. The van der Waals surface area contributed by atoms with Gasteiger partial charge in [0.15, 0.2) is 0 Å². The van der Waals surface area contributed by atoms with Crippen LogP contribution in [0.2, 0.25) is 0 Å². The van der Waals surface area contributed by atoms with E-state index in [9.17, 15) is 0 Å². The minimum atomic E-state index is 0.104. The highest BCUT2D eigenvalue weighted by Crippen LogP contribution is 1.96. The van der Waals surface area contributed by atoms with Gasteiger partial charge in [0, 0.05) is 25.2 Å². The Morgan fingerprint density at radius 3 is 2.36 bits per heavy atom. The topological polar surface area (TPSA) is 49.5 Å². The predicted molar refractivity (Wildman–Crippen MR) is 47.4 cm³/mol. The zero-order valence-electron chi connectivity index (χ0n) is 7.75. The van der Waals surface area contributed by atoms with Crippen molar-refractivity contribution >= 4 is 0 Å². The van der Waals surface area contributed by atoms with E-state index < -0.39 is 0 Å². The van der Waals surface area contributed by atoms with Gasteiger partial charge in [0.1, 0.15) is 0 Å². The molecule has 0 spiro atoms. The third-order valence-corrected chi connectivity index (χ3v) is 1.90. The predicted octanol–water partition coefficient (Wildman–Crippen LogP) is 0.0363. The Kier molecular flexibility index (Phi) is 5.46. The molecule has 0 rings (SSSR count). The number of aliphatic hydroxyl groups is 1. The lowest BCUT2D eigenvalue weighted by Crippen LogP contribution is -2.39. The molecular formula is C8H20N2O.